The average molecular weight is 264 g/mol. The Balaban J connectivity index is 2.24. The van der Waals surface area contributed by atoms with Gasteiger partial charge in [0, 0.05) is 11.9 Å². The molecule has 0 amide bonds. The van der Waals surface area contributed by atoms with Crippen molar-refractivity contribution in [2.45, 2.75) is 6.61 Å². The summed E-state index contributed by atoms with van der Waals surface area (Å²) in [5.74, 6) is 0.278. The molecule has 94 valence electrons. The van der Waals surface area contributed by atoms with Gasteiger partial charge in [-0.3, -0.25) is 10.1 Å². The second-order valence-electron chi connectivity index (χ2n) is 3.53. The zero-order valence-corrected chi connectivity index (χ0v) is 10.6. The summed E-state index contributed by atoms with van der Waals surface area (Å²) in [5, 5.41) is 15.8. The Morgan fingerprint density at radius 3 is 2.83 bits per heavy atom. The van der Waals surface area contributed by atoms with Crippen LogP contribution in [-0.2, 0) is 6.61 Å². The average Bonchev–Trinajstić information content (AvgIpc) is 2.88. The molecule has 1 aromatic carbocycles. The van der Waals surface area contributed by atoms with Crippen molar-refractivity contribution in [2.75, 3.05) is 12.4 Å². The molecule has 5 nitrogen and oxygen atoms in total. The Kier molecular flexibility index (Phi) is 3.78. The molecule has 1 N–H and O–H groups in total. The predicted molar refractivity (Wildman–Crippen MR) is 71.3 cm³/mol. The van der Waals surface area contributed by atoms with Crippen molar-refractivity contribution in [3.8, 4) is 5.75 Å². The number of nitrogens with zero attached hydrogens (tertiary/aromatic N) is 1. The molecule has 0 atom stereocenters. The van der Waals surface area contributed by atoms with Gasteiger partial charge in [0.05, 0.1) is 4.92 Å². The molecule has 0 aliphatic rings. The van der Waals surface area contributed by atoms with Crippen LogP contribution < -0.4 is 10.1 Å². The van der Waals surface area contributed by atoms with Crippen molar-refractivity contribution in [3.05, 3.63) is 50.7 Å². The second kappa shape index (κ2) is 5.50. The number of para-hydroxylation sites is 1. The predicted octanol–water partition coefficient (Wildman–Crippen LogP) is 3.28. The number of hydrogen-bond acceptors (Lipinski definition) is 5. The number of nitro groups is 1. The summed E-state index contributed by atoms with van der Waals surface area (Å²) in [6.07, 6.45) is 0. The Hall–Kier alpha value is -2.08. The maximum atomic E-state index is 11.1. The molecule has 0 saturated carbocycles. The number of anilines is 1. The fourth-order valence-corrected chi connectivity index (χ4v) is 2.19. The molecular formula is C12H12N2O3S. The molecule has 2 rings (SSSR count). The van der Waals surface area contributed by atoms with Gasteiger partial charge in [-0.1, -0.05) is 12.1 Å². The highest BCUT2D eigenvalue weighted by Gasteiger charge is 2.20. The normalized spacial score (nSPS) is 10.1. The third kappa shape index (κ3) is 2.60. The van der Waals surface area contributed by atoms with Crippen LogP contribution in [0, 0.1) is 10.1 Å². The van der Waals surface area contributed by atoms with Crippen LogP contribution in [0.25, 0.3) is 0 Å². The maximum absolute atomic E-state index is 11.1. The molecule has 1 aromatic heterocycles. The van der Waals surface area contributed by atoms with Gasteiger partial charge in [0.25, 0.3) is 0 Å². The molecule has 18 heavy (non-hydrogen) atoms. The van der Waals surface area contributed by atoms with Crippen molar-refractivity contribution < 1.29 is 9.66 Å². The van der Waals surface area contributed by atoms with Gasteiger partial charge >= 0.3 is 5.69 Å². The van der Waals surface area contributed by atoms with Crippen LogP contribution >= 0.6 is 11.3 Å². The Morgan fingerprint density at radius 1 is 1.39 bits per heavy atom. The summed E-state index contributed by atoms with van der Waals surface area (Å²) in [5.41, 5.74) is 0.417. The molecule has 0 bridgehead atoms. The van der Waals surface area contributed by atoms with Gasteiger partial charge in [0.15, 0.2) is 5.75 Å². The van der Waals surface area contributed by atoms with E-state index in [1.165, 1.54) is 0 Å². The molecule has 0 saturated heterocycles. The summed E-state index contributed by atoms with van der Waals surface area (Å²) in [7, 11) is 1.64. The van der Waals surface area contributed by atoms with E-state index in [1.54, 1.807) is 36.6 Å². The number of nitro benzene ring substituents is 1. The van der Waals surface area contributed by atoms with E-state index < -0.39 is 4.92 Å². The van der Waals surface area contributed by atoms with Crippen LogP contribution in [0.2, 0.25) is 0 Å². The van der Waals surface area contributed by atoms with Crippen molar-refractivity contribution in [1.82, 2.24) is 0 Å². The lowest BCUT2D eigenvalue weighted by molar-refractivity contribution is -0.385. The van der Waals surface area contributed by atoms with E-state index >= 15 is 0 Å². The van der Waals surface area contributed by atoms with Gasteiger partial charge in [-0.2, -0.15) is 0 Å². The van der Waals surface area contributed by atoms with E-state index in [2.05, 4.69) is 5.32 Å². The van der Waals surface area contributed by atoms with Crippen LogP contribution in [0.4, 0.5) is 11.4 Å². The van der Waals surface area contributed by atoms with Gasteiger partial charge in [-0.15, -0.1) is 11.3 Å². The quantitative estimate of drug-likeness (QED) is 0.665. The topological polar surface area (TPSA) is 64.4 Å². The van der Waals surface area contributed by atoms with Crippen molar-refractivity contribution in [3.63, 3.8) is 0 Å². The molecule has 0 fully saturated rings. The fourth-order valence-electron chi connectivity index (χ4n) is 1.57. The lowest BCUT2D eigenvalue weighted by Crippen LogP contribution is -2.01. The molecule has 0 radical (unpaired) electrons. The number of ether oxygens (including phenoxy) is 1. The fraction of sp³-hybridized carbons (Fsp3) is 0.167. The highest BCUT2D eigenvalue weighted by Crippen LogP contribution is 2.34. The Morgan fingerprint density at radius 2 is 2.22 bits per heavy atom. The number of thiophene rings is 1. The van der Waals surface area contributed by atoms with E-state index in [9.17, 15) is 10.1 Å². The number of nitrogens with one attached hydrogen (secondary N) is 1. The third-order valence-corrected chi connectivity index (χ3v) is 3.25. The zero-order valence-electron chi connectivity index (χ0n) is 9.75. The zero-order chi connectivity index (χ0) is 13.0. The van der Waals surface area contributed by atoms with Crippen molar-refractivity contribution >= 4 is 22.7 Å². The minimum Gasteiger partial charge on any atom is -0.481 e. The molecule has 2 aromatic rings. The molecular weight excluding hydrogens is 252 g/mol. The Bertz CT molecular complexity index is 540. The first kappa shape index (κ1) is 12.4. The first-order chi connectivity index (χ1) is 8.72. The standard InChI is InChI=1S/C12H12N2O3S/c1-13-10-5-2-6-11(12(10)14(15)16)17-8-9-4-3-7-18-9/h2-7,13H,8H2,1H3. The highest BCUT2D eigenvalue weighted by atomic mass is 32.1. The highest BCUT2D eigenvalue weighted by molar-refractivity contribution is 7.09. The summed E-state index contributed by atoms with van der Waals surface area (Å²) in [6, 6.07) is 8.82. The van der Waals surface area contributed by atoms with Crippen LogP contribution in [0.3, 0.4) is 0 Å². The maximum Gasteiger partial charge on any atom is 0.333 e. The van der Waals surface area contributed by atoms with E-state index in [4.69, 9.17) is 4.74 Å². The minimum atomic E-state index is -0.435. The van der Waals surface area contributed by atoms with Gasteiger partial charge in [-0.05, 0) is 23.6 Å². The first-order valence-corrected chi connectivity index (χ1v) is 6.20. The van der Waals surface area contributed by atoms with Gasteiger partial charge in [0.2, 0.25) is 0 Å². The van der Waals surface area contributed by atoms with Crippen molar-refractivity contribution in [2.24, 2.45) is 0 Å². The first-order valence-electron chi connectivity index (χ1n) is 5.32. The number of hydrogen-bond donors (Lipinski definition) is 1. The Labute approximate surface area is 108 Å². The van der Waals surface area contributed by atoms with Gasteiger partial charge < -0.3 is 10.1 Å². The van der Waals surface area contributed by atoms with Crippen LogP contribution in [0.1, 0.15) is 4.88 Å². The number of rotatable bonds is 5. The lowest BCUT2D eigenvalue weighted by atomic mass is 10.2. The van der Waals surface area contributed by atoms with Crippen LogP contribution in [0.5, 0.6) is 5.75 Å². The van der Waals surface area contributed by atoms with Crippen LogP contribution in [-0.4, -0.2) is 12.0 Å². The van der Waals surface area contributed by atoms with E-state index in [1.807, 2.05) is 17.5 Å². The smallest absolute Gasteiger partial charge is 0.333 e. The molecule has 0 spiro atoms. The van der Waals surface area contributed by atoms with E-state index in [0.29, 0.717) is 12.3 Å². The summed E-state index contributed by atoms with van der Waals surface area (Å²) < 4.78 is 5.51. The monoisotopic (exact) mass is 264 g/mol. The van der Waals surface area contributed by atoms with E-state index in [0.717, 1.165) is 4.88 Å². The molecule has 1 heterocycles. The summed E-state index contributed by atoms with van der Waals surface area (Å²) >= 11 is 1.56. The SMILES string of the molecule is CNc1cccc(OCc2cccs2)c1[N+](=O)[O-]. The third-order valence-electron chi connectivity index (χ3n) is 2.40. The van der Waals surface area contributed by atoms with E-state index in [-0.39, 0.29) is 11.4 Å². The summed E-state index contributed by atoms with van der Waals surface area (Å²) in [4.78, 5) is 11.6. The minimum absolute atomic E-state index is 0.0310. The lowest BCUT2D eigenvalue weighted by Gasteiger charge is -2.08. The van der Waals surface area contributed by atoms with Gasteiger partial charge in [0.1, 0.15) is 12.3 Å². The second-order valence-corrected chi connectivity index (χ2v) is 4.56. The van der Waals surface area contributed by atoms with Crippen molar-refractivity contribution in [1.29, 1.82) is 0 Å². The summed E-state index contributed by atoms with van der Waals surface area (Å²) in [6.45, 7) is 0.339. The molecule has 6 heteroatoms. The van der Waals surface area contributed by atoms with Crippen LogP contribution in [0.15, 0.2) is 35.7 Å². The molecule has 0 aliphatic heterocycles. The van der Waals surface area contributed by atoms with Gasteiger partial charge in [-0.25, -0.2) is 0 Å². The largest absolute Gasteiger partial charge is 0.481 e. The molecule has 0 unspecified atom stereocenters. The number of benzene rings is 1. The molecule has 0 aliphatic carbocycles.